The van der Waals surface area contributed by atoms with E-state index in [0.717, 1.165) is 32.1 Å². The van der Waals surface area contributed by atoms with Crippen LogP contribution < -0.4 is 5.32 Å². The molecule has 5 nitrogen and oxygen atoms in total. The number of nitrogens with one attached hydrogen (secondary N) is 1. The number of hydrogen-bond acceptors (Lipinski definition) is 4. The Kier molecular flexibility index (Phi) is 5.38. The van der Waals surface area contributed by atoms with Crippen molar-refractivity contribution in [3.63, 3.8) is 0 Å². The van der Waals surface area contributed by atoms with Gasteiger partial charge in [-0.1, -0.05) is 31.7 Å². The van der Waals surface area contributed by atoms with Crippen LogP contribution in [-0.4, -0.2) is 37.3 Å². The van der Waals surface area contributed by atoms with Crippen LogP contribution in [0.25, 0.3) is 0 Å². The number of carbonyl (C=O) groups excluding carboxylic acids is 1. The topological polar surface area (TPSA) is 66.5 Å². The van der Waals surface area contributed by atoms with E-state index in [1.165, 1.54) is 28.5 Å². The number of rotatable bonds is 4. The predicted octanol–water partition coefficient (Wildman–Crippen LogP) is 2.74. The summed E-state index contributed by atoms with van der Waals surface area (Å²) in [5, 5.41) is 4.86. The van der Waals surface area contributed by atoms with Crippen LogP contribution in [0.1, 0.15) is 51.4 Å². The minimum atomic E-state index is -3.55. The average molecular weight is 357 g/mol. The summed E-state index contributed by atoms with van der Waals surface area (Å²) in [6.07, 6.45) is 8.13. The quantitative estimate of drug-likeness (QED) is 0.844. The first-order valence-corrected chi connectivity index (χ1v) is 10.8. The van der Waals surface area contributed by atoms with E-state index in [2.05, 4.69) is 5.32 Å². The Morgan fingerprint density at radius 3 is 2.52 bits per heavy atom. The van der Waals surface area contributed by atoms with E-state index in [4.69, 9.17) is 0 Å². The molecule has 23 heavy (non-hydrogen) atoms. The SMILES string of the molecule is O=C(NC1CCCCCC1)C1CCCN1S(=O)(=O)c1cccs1. The first-order chi connectivity index (χ1) is 11.1. The molecule has 1 aliphatic heterocycles. The summed E-state index contributed by atoms with van der Waals surface area (Å²) in [6, 6.07) is 2.99. The fourth-order valence-corrected chi connectivity index (χ4v) is 6.31. The molecule has 1 unspecified atom stereocenters. The average Bonchev–Trinajstić information content (AvgIpc) is 3.17. The van der Waals surface area contributed by atoms with Crippen molar-refractivity contribution in [2.45, 2.75) is 67.7 Å². The van der Waals surface area contributed by atoms with Crippen LogP contribution in [0.5, 0.6) is 0 Å². The van der Waals surface area contributed by atoms with E-state index in [1.807, 2.05) is 0 Å². The van der Waals surface area contributed by atoms with Crippen LogP contribution >= 0.6 is 11.3 Å². The molecule has 2 fully saturated rings. The second kappa shape index (κ2) is 7.32. The molecule has 3 rings (SSSR count). The molecule has 1 aromatic rings. The second-order valence-electron chi connectivity index (χ2n) is 6.40. The van der Waals surface area contributed by atoms with Crippen molar-refractivity contribution in [2.24, 2.45) is 0 Å². The summed E-state index contributed by atoms with van der Waals surface area (Å²) < 4.78 is 27.1. The van der Waals surface area contributed by atoms with Gasteiger partial charge in [0.1, 0.15) is 10.3 Å². The number of hydrogen-bond donors (Lipinski definition) is 1. The molecule has 1 saturated carbocycles. The van der Waals surface area contributed by atoms with Gasteiger partial charge in [-0.2, -0.15) is 4.31 Å². The third kappa shape index (κ3) is 3.78. The highest BCUT2D eigenvalue weighted by Crippen LogP contribution is 2.29. The van der Waals surface area contributed by atoms with Crippen molar-refractivity contribution in [3.05, 3.63) is 17.5 Å². The zero-order valence-corrected chi connectivity index (χ0v) is 14.9. The number of thiophene rings is 1. The molecule has 128 valence electrons. The summed E-state index contributed by atoms with van der Waals surface area (Å²) in [5.41, 5.74) is 0. The van der Waals surface area contributed by atoms with Crippen molar-refractivity contribution >= 4 is 27.3 Å². The van der Waals surface area contributed by atoms with Gasteiger partial charge in [0, 0.05) is 12.6 Å². The molecule has 0 aromatic carbocycles. The Labute approximate surface area is 142 Å². The molecular formula is C16H24N2O3S2. The van der Waals surface area contributed by atoms with Gasteiger partial charge in [-0.25, -0.2) is 8.42 Å². The maximum Gasteiger partial charge on any atom is 0.253 e. The van der Waals surface area contributed by atoms with Gasteiger partial charge >= 0.3 is 0 Å². The highest BCUT2D eigenvalue weighted by Gasteiger charge is 2.40. The lowest BCUT2D eigenvalue weighted by atomic mass is 10.1. The van der Waals surface area contributed by atoms with Gasteiger partial charge in [-0.05, 0) is 37.1 Å². The second-order valence-corrected chi connectivity index (χ2v) is 9.47. The zero-order valence-electron chi connectivity index (χ0n) is 13.2. The highest BCUT2D eigenvalue weighted by molar-refractivity contribution is 7.91. The van der Waals surface area contributed by atoms with Crippen molar-refractivity contribution in [1.29, 1.82) is 0 Å². The predicted molar refractivity (Wildman–Crippen MR) is 90.9 cm³/mol. The van der Waals surface area contributed by atoms with Crippen LogP contribution in [0.3, 0.4) is 0 Å². The van der Waals surface area contributed by atoms with Gasteiger partial charge in [0.2, 0.25) is 5.91 Å². The van der Waals surface area contributed by atoms with E-state index in [1.54, 1.807) is 17.5 Å². The molecule has 0 bridgehead atoms. The number of nitrogens with zero attached hydrogens (tertiary/aromatic N) is 1. The van der Waals surface area contributed by atoms with E-state index >= 15 is 0 Å². The van der Waals surface area contributed by atoms with Crippen LogP contribution in [0, 0.1) is 0 Å². The summed E-state index contributed by atoms with van der Waals surface area (Å²) in [6.45, 7) is 0.434. The molecule has 0 spiro atoms. The first-order valence-electron chi connectivity index (χ1n) is 8.45. The van der Waals surface area contributed by atoms with E-state index in [-0.39, 0.29) is 11.9 Å². The molecule has 2 heterocycles. The summed E-state index contributed by atoms with van der Waals surface area (Å²) in [4.78, 5) is 12.6. The highest BCUT2D eigenvalue weighted by atomic mass is 32.2. The van der Waals surface area contributed by atoms with Gasteiger partial charge in [0.15, 0.2) is 0 Å². The summed E-state index contributed by atoms with van der Waals surface area (Å²) in [5.74, 6) is -0.116. The molecule has 2 aliphatic rings. The molecule has 1 atom stereocenters. The molecule has 1 aromatic heterocycles. The standard InChI is InChI=1S/C16H24N2O3S2/c19-16(17-13-7-3-1-2-4-8-13)14-9-5-11-18(14)23(20,21)15-10-6-12-22-15/h6,10,12-14H,1-5,7-9,11H2,(H,17,19). The molecular weight excluding hydrogens is 332 g/mol. The first kappa shape index (κ1) is 16.9. The van der Waals surface area contributed by atoms with Gasteiger partial charge in [-0.3, -0.25) is 4.79 Å². The van der Waals surface area contributed by atoms with Crippen LogP contribution in [0.15, 0.2) is 21.7 Å². The fourth-order valence-electron chi connectivity index (χ4n) is 3.54. The minimum Gasteiger partial charge on any atom is -0.352 e. The van der Waals surface area contributed by atoms with E-state index in [0.29, 0.717) is 17.2 Å². The minimum absolute atomic E-state index is 0.116. The van der Waals surface area contributed by atoms with Crippen molar-refractivity contribution in [3.8, 4) is 0 Å². The number of sulfonamides is 1. The summed E-state index contributed by atoms with van der Waals surface area (Å²) in [7, 11) is -3.55. The van der Waals surface area contributed by atoms with E-state index < -0.39 is 16.1 Å². The normalized spacial score (nSPS) is 24.4. The van der Waals surface area contributed by atoms with Crippen molar-refractivity contribution < 1.29 is 13.2 Å². The molecule has 7 heteroatoms. The zero-order chi connectivity index (χ0) is 16.3. The molecule has 1 aliphatic carbocycles. The van der Waals surface area contributed by atoms with Gasteiger partial charge in [-0.15, -0.1) is 11.3 Å². The van der Waals surface area contributed by atoms with Crippen molar-refractivity contribution in [1.82, 2.24) is 9.62 Å². The lowest BCUT2D eigenvalue weighted by Gasteiger charge is -2.25. The van der Waals surface area contributed by atoms with Gasteiger partial charge < -0.3 is 5.32 Å². The lowest BCUT2D eigenvalue weighted by Crippen LogP contribution is -2.48. The third-order valence-electron chi connectivity index (χ3n) is 4.77. The maximum atomic E-state index is 12.7. The van der Waals surface area contributed by atoms with E-state index in [9.17, 15) is 13.2 Å². The smallest absolute Gasteiger partial charge is 0.253 e. The van der Waals surface area contributed by atoms with Crippen LogP contribution in [0.4, 0.5) is 0 Å². The molecule has 1 N–H and O–H groups in total. The third-order valence-corrected chi connectivity index (χ3v) is 8.05. The van der Waals surface area contributed by atoms with Gasteiger partial charge in [0.25, 0.3) is 10.0 Å². The number of carbonyl (C=O) groups is 1. The Bertz CT molecular complexity index is 620. The summed E-state index contributed by atoms with van der Waals surface area (Å²) >= 11 is 1.21. The van der Waals surface area contributed by atoms with Crippen molar-refractivity contribution in [2.75, 3.05) is 6.54 Å². The maximum absolute atomic E-state index is 12.7. The Morgan fingerprint density at radius 2 is 1.87 bits per heavy atom. The molecule has 1 amide bonds. The Morgan fingerprint density at radius 1 is 1.13 bits per heavy atom. The Balaban J connectivity index is 1.70. The lowest BCUT2D eigenvalue weighted by molar-refractivity contribution is -0.125. The van der Waals surface area contributed by atoms with Crippen LogP contribution in [0.2, 0.25) is 0 Å². The fraction of sp³-hybridized carbons (Fsp3) is 0.688. The largest absolute Gasteiger partial charge is 0.352 e. The Hall–Kier alpha value is -0.920. The number of amides is 1. The van der Waals surface area contributed by atoms with Gasteiger partial charge in [0.05, 0.1) is 0 Å². The monoisotopic (exact) mass is 356 g/mol. The van der Waals surface area contributed by atoms with Crippen LogP contribution in [-0.2, 0) is 14.8 Å². The molecule has 0 radical (unpaired) electrons. The molecule has 1 saturated heterocycles.